The van der Waals surface area contributed by atoms with E-state index in [4.69, 9.17) is 10.5 Å². The number of nitrogens with zero attached hydrogens (tertiary/aromatic N) is 2. The van der Waals surface area contributed by atoms with Crippen LogP contribution in [-0.2, 0) is 20.7 Å². The second kappa shape index (κ2) is 13.4. The van der Waals surface area contributed by atoms with Gasteiger partial charge in [-0.25, -0.2) is 9.59 Å². The lowest BCUT2D eigenvalue weighted by Gasteiger charge is -2.36. The summed E-state index contributed by atoms with van der Waals surface area (Å²) in [6.45, 7) is 5.91. The number of carbonyl (C=O) groups excluding carboxylic acids is 3. The van der Waals surface area contributed by atoms with Gasteiger partial charge >= 0.3 is 11.8 Å². The molecule has 12 heteroatoms. The summed E-state index contributed by atoms with van der Waals surface area (Å²) in [5, 5.41) is 6.54. The Morgan fingerprint density at radius 1 is 1.14 bits per heavy atom. The van der Waals surface area contributed by atoms with E-state index in [1.165, 1.54) is 4.90 Å². The fourth-order valence-electron chi connectivity index (χ4n) is 5.15. The lowest BCUT2D eigenvalue weighted by Crippen LogP contribution is -2.52. The number of rotatable bonds is 9. The summed E-state index contributed by atoms with van der Waals surface area (Å²) in [6, 6.07) is 13.4. The molecule has 0 saturated heterocycles. The number of H-pyrrole nitrogens is 1. The Kier molecular flexibility index (Phi) is 9.87. The van der Waals surface area contributed by atoms with Crippen molar-refractivity contribution < 1.29 is 23.6 Å². The van der Waals surface area contributed by atoms with E-state index in [2.05, 4.69) is 35.9 Å². The zero-order chi connectivity index (χ0) is 30.4. The fourth-order valence-corrected chi connectivity index (χ4v) is 5.60. The van der Waals surface area contributed by atoms with Crippen molar-refractivity contribution in [3.63, 3.8) is 0 Å². The van der Waals surface area contributed by atoms with Gasteiger partial charge in [-0.3, -0.25) is 24.0 Å². The number of amides is 3. The molecule has 0 radical (unpaired) electrons. The first-order chi connectivity index (χ1) is 19.9. The first-order valence-electron chi connectivity index (χ1n) is 13.9. The van der Waals surface area contributed by atoms with Crippen LogP contribution in [0.3, 0.4) is 0 Å². The molecule has 1 atom stereocenters. The molecular formula is C30H36BrN5O6. The van der Waals surface area contributed by atoms with Crippen molar-refractivity contribution in [3.8, 4) is 11.4 Å². The number of ether oxygens (including phenoxy) is 1. The number of alkyl carbamates (subject to hydrolysis) is 1. The van der Waals surface area contributed by atoms with E-state index in [0.717, 1.165) is 22.9 Å². The topological polar surface area (TPSA) is 161 Å². The van der Waals surface area contributed by atoms with Crippen molar-refractivity contribution in [1.82, 2.24) is 15.5 Å². The maximum Gasteiger partial charge on any atom is 0.439 e. The van der Waals surface area contributed by atoms with E-state index in [9.17, 15) is 19.2 Å². The van der Waals surface area contributed by atoms with Gasteiger partial charge in [0.25, 0.3) is 0 Å². The number of nitrogens with two attached hydrogens (primary N) is 1. The van der Waals surface area contributed by atoms with Crippen LogP contribution < -0.4 is 21.7 Å². The molecule has 0 aliphatic heterocycles. The molecule has 0 unspecified atom stereocenters. The Bertz CT molecular complexity index is 1450. The second-order valence-electron chi connectivity index (χ2n) is 11.6. The third-order valence-corrected chi connectivity index (χ3v) is 7.68. The Morgan fingerprint density at radius 3 is 2.40 bits per heavy atom. The summed E-state index contributed by atoms with van der Waals surface area (Å²) < 4.78 is 10.8. The quantitative estimate of drug-likeness (QED) is 0.309. The van der Waals surface area contributed by atoms with Crippen molar-refractivity contribution in [2.75, 3.05) is 11.4 Å². The molecule has 0 spiro atoms. The molecule has 11 nitrogen and oxygen atoms in total. The molecule has 2 aromatic carbocycles. The highest BCUT2D eigenvalue weighted by atomic mass is 79.9. The number of nitrogens with one attached hydrogen (secondary N) is 2. The van der Waals surface area contributed by atoms with Crippen molar-refractivity contribution in [2.45, 2.75) is 64.5 Å². The van der Waals surface area contributed by atoms with E-state index < -0.39 is 29.4 Å². The number of aromatic amines is 1. The molecule has 42 heavy (non-hydrogen) atoms. The van der Waals surface area contributed by atoms with Gasteiger partial charge in [0.15, 0.2) is 5.82 Å². The van der Waals surface area contributed by atoms with Crippen LogP contribution in [0.4, 0.5) is 10.5 Å². The number of anilines is 1. The average molecular weight is 643 g/mol. The lowest BCUT2D eigenvalue weighted by molar-refractivity contribution is -0.127. The van der Waals surface area contributed by atoms with Gasteiger partial charge in [0.1, 0.15) is 11.6 Å². The number of halogens is 1. The smallest absolute Gasteiger partial charge is 0.439 e. The van der Waals surface area contributed by atoms with E-state index in [1.807, 2.05) is 45.0 Å². The molecule has 1 aromatic heterocycles. The van der Waals surface area contributed by atoms with Crippen LogP contribution in [0.1, 0.15) is 52.0 Å². The Hall–Kier alpha value is -3.93. The molecule has 3 aromatic rings. The summed E-state index contributed by atoms with van der Waals surface area (Å²) in [7, 11) is 0. The summed E-state index contributed by atoms with van der Waals surface area (Å²) in [5.74, 6) is -1.33. The fraction of sp³-hybridized carbons (Fsp3) is 0.433. The van der Waals surface area contributed by atoms with Gasteiger partial charge in [-0.2, -0.15) is 0 Å². The summed E-state index contributed by atoms with van der Waals surface area (Å²) in [4.78, 5) is 54.5. The number of hydrogen-bond acceptors (Lipinski definition) is 7. The van der Waals surface area contributed by atoms with Crippen LogP contribution in [0.25, 0.3) is 11.4 Å². The number of carbonyl (C=O) groups is 3. The SMILES string of the molecule is CC(C)(C)OC(=O)NCC1CCC(C(=O)N(c2ccc(-c3noc(=O)[nH]3)cc2)[C@@H](Cc2cccc(Br)c2)C(N)=O)CC1. The number of hydrogen-bond donors (Lipinski definition) is 3. The minimum absolute atomic E-state index is 0.185. The van der Waals surface area contributed by atoms with Gasteiger partial charge < -0.3 is 15.8 Å². The van der Waals surface area contributed by atoms with Crippen LogP contribution in [0.15, 0.2) is 62.3 Å². The summed E-state index contributed by atoms with van der Waals surface area (Å²) in [6.07, 6.45) is 2.47. The van der Waals surface area contributed by atoms with E-state index >= 15 is 0 Å². The van der Waals surface area contributed by atoms with Gasteiger partial charge in [-0.15, -0.1) is 0 Å². The highest BCUT2D eigenvalue weighted by Crippen LogP contribution is 2.33. The molecule has 224 valence electrons. The van der Waals surface area contributed by atoms with Crippen LogP contribution in [0.5, 0.6) is 0 Å². The Balaban J connectivity index is 1.53. The predicted octanol–water partition coefficient (Wildman–Crippen LogP) is 4.55. The number of primary amides is 1. The molecule has 4 N–H and O–H groups in total. The molecular weight excluding hydrogens is 606 g/mol. The highest BCUT2D eigenvalue weighted by molar-refractivity contribution is 9.10. The molecule has 1 aliphatic rings. The van der Waals surface area contributed by atoms with Crippen LogP contribution in [0, 0.1) is 11.8 Å². The minimum Gasteiger partial charge on any atom is -0.444 e. The van der Waals surface area contributed by atoms with Crippen molar-refractivity contribution >= 4 is 39.5 Å². The molecule has 1 heterocycles. The Morgan fingerprint density at radius 2 is 1.83 bits per heavy atom. The highest BCUT2D eigenvalue weighted by Gasteiger charge is 2.36. The molecule has 1 fully saturated rings. The first kappa shape index (κ1) is 31.0. The number of benzene rings is 2. The molecule has 1 saturated carbocycles. The third-order valence-electron chi connectivity index (χ3n) is 7.18. The summed E-state index contributed by atoms with van der Waals surface area (Å²) in [5.41, 5.74) is 7.28. The largest absolute Gasteiger partial charge is 0.444 e. The van der Waals surface area contributed by atoms with Crippen LogP contribution in [-0.4, -0.2) is 46.2 Å². The van der Waals surface area contributed by atoms with Gasteiger partial charge in [-0.1, -0.05) is 33.2 Å². The maximum absolute atomic E-state index is 14.1. The van der Waals surface area contributed by atoms with Gasteiger partial charge in [0.05, 0.1) is 0 Å². The molecule has 3 amide bonds. The minimum atomic E-state index is -0.934. The average Bonchev–Trinajstić information content (AvgIpc) is 3.37. The second-order valence-corrected chi connectivity index (χ2v) is 12.5. The maximum atomic E-state index is 14.1. The zero-order valence-electron chi connectivity index (χ0n) is 23.9. The van der Waals surface area contributed by atoms with Crippen molar-refractivity contribution in [3.05, 3.63) is 69.1 Å². The van der Waals surface area contributed by atoms with E-state index in [-0.39, 0.29) is 30.0 Å². The van der Waals surface area contributed by atoms with Gasteiger partial charge in [0, 0.05) is 34.6 Å². The van der Waals surface area contributed by atoms with Crippen LogP contribution in [0.2, 0.25) is 0 Å². The van der Waals surface area contributed by atoms with E-state index in [1.54, 1.807) is 24.3 Å². The molecule has 4 rings (SSSR count). The normalized spacial score (nSPS) is 17.7. The Labute approximate surface area is 252 Å². The molecule has 1 aliphatic carbocycles. The first-order valence-corrected chi connectivity index (χ1v) is 14.7. The third kappa shape index (κ3) is 8.31. The standard InChI is InChI=1S/C30H36BrN5O6/c1-30(2,3)41-28(39)33-17-18-7-9-21(10-8-18)27(38)36(24(25(32)37)16-19-5-4-6-22(31)15-19)23-13-11-20(12-14-23)26-34-29(40)42-35-26/h4-6,11-15,18,21,24H,7-10,16-17H2,1-3H3,(H2,32,37)(H,33,39)(H,34,35,40)/t18?,21?,24-/m0/s1. The molecule has 0 bridgehead atoms. The van der Waals surface area contributed by atoms with E-state index in [0.29, 0.717) is 30.6 Å². The van der Waals surface area contributed by atoms with Crippen LogP contribution >= 0.6 is 15.9 Å². The van der Waals surface area contributed by atoms with Crippen molar-refractivity contribution in [1.29, 1.82) is 0 Å². The lowest BCUT2D eigenvalue weighted by atomic mass is 9.81. The predicted molar refractivity (Wildman–Crippen MR) is 161 cm³/mol. The van der Waals surface area contributed by atoms with Gasteiger partial charge in [0.2, 0.25) is 11.8 Å². The van der Waals surface area contributed by atoms with Crippen molar-refractivity contribution in [2.24, 2.45) is 17.6 Å². The van der Waals surface area contributed by atoms with Gasteiger partial charge in [-0.05, 0) is 94.3 Å². The zero-order valence-corrected chi connectivity index (χ0v) is 25.5. The number of aromatic nitrogens is 2. The monoisotopic (exact) mass is 641 g/mol. The summed E-state index contributed by atoms with van der Waals surface area (Å²) >= 11 is 3.47.